The van der Waals surface area contributed by atoms with E-state index in [1.165, 1.54) is 10.9 Å². The number of carbonyl (C=O) groups excluding carboxylic acids is 1. The number of aliphatic carboxylic acids is 1. The number of carboxylic acid groups (broad SMARTS) is 1. The fourth-order valence-corrected chi connectivity index (χ4v) is 1.86. The number of nitrogens with one attached hydrogen (secondary N) is 1. The van der Waals surface area contributed by atoms with Gasteiger partial charge in [-0.1, -0.05) is 0 Å². The summed E-state index contributed by atoms with van der Waals surface area (Å²) in [6, 6.07) is 1.34. The summed E-state index contributed by atoms with van der Waals surface area (Å²) in [4.78, 5) is 22.6. The molecule has 2 rings (SSSR count). The van der Waals surface area contributed by atoms with Gasteiger partial charge in [-0.05, 0) is 24.8 Å². The first-order valence-corrected chi connectivity index (χ1v) is 5.58. The number of carboxylic acids is 1. The summed E-state index contributed by atoms with van der Waals surface area (Å²) in [7, 11) is 1.68. The summed E-state index contributed by atoms with van der Waals surface area (Å²) in [5.41, 5.74) is 0.445. The Balaban J connectivity index is 2.00. The zero-order valence-corrected chi connectivity index (χ0v) is 9.59. The van der Waals surface area contributed by atoms with E-state index in [1.807, 2.05) is 0 Å². The Hall–Kier alpha value is -1.85. The molecule has 0 radical (unpaired) electrons. The fraction of sp³-hybridized carbons (Fsp3) is 0.545. The summed E-state index contributed by atoms with van der Waals surface area (Å²) in [5, 5.41) is 15.5. The molecule has 0 aliphatic heterocycles. The molecule has 0 saturated heterocycles. The molecular weight excluding hydrogens is 222 g/mol. The monoisotopic (exact) mass is 237 g/mol. The van der Waals surface area contributed by atoms with Gasteiger partial charge in [0.1, 0.15) is 5.69 Å². The van der Waals surface area contributed by atoms with Gasteiger partial charge < -0.3 is 10.4 Å². The molecule has 6 heteroatoms. The van der Waals surface area contributed by atoms with Crippen LogP contribution in [0.3, 0.4) is 0 Å². The van der Waals surface area contributed by atoms with Crippen molar-refractivity contribution >= 4 is 11.9 Å². The van der Waals surface area contributed by atoms with Gasteiger partial charge in [-0.2, -0.15) is 5.10 Å². The van der Waals surface area contributed by atoms with Crippen LogP contribution in [0.2, 0.25) is 0 Å². The van der Waals surface area contributed by atoms with Gasteiger partial charge in [0, 0.05) is 19.3 Å². The number of carbonyl (C=O) groups is 2. The van der Waals surface area contributed by atoms with Crippen molar-refractivity contribution in [2.75, 3.05) is 0 Å². The Morgan fingerprint density at radius 1 is 1.65 bits per heavy atom. The molecule has 1 aliphatic carbocycles. The second-order valence-corrected chi connectivity index (χ2v) is 4.36. The van der Waals surface area contributed by atoms with Crippen LogP contribution in [0.15, 0.2) is 12.3 Å². The van der Waals surface area contributed by atoms with Gasteiger partial charge in [0.15, 0.2) is 0 Å². The molecule has 1 aliphatic rings. The number of aryl methyl sites for hydroxylation is 1. The average Bonchev–Trinajstić information content (AvgIpc) is 3.00. The third-order valence-corrected chi connectivity index (χ3v) is 2.96. The van der Waals surface area contributed by atoms with Crippen molar-refractivity contribution in [3.8, 4) is 0 Å². The Morgan fingerprint density at radius 2 is 2.35 bits per heavy atom. The first-order valence-electron chi connectivity index (χ1n) is 5.58. The van der Waals surface area contributed by atoms with Crippen molar-refractivity contribution in [2.24, 2.45) is 13.0 Å². The largest absolute Gasteiger partial charge is 0.481 e. The molecule has 2 N–H and O–H groups in total. The van der Waals surface area contributed by atoms with Crippen LogP contribution >= 0.6 is 0 Å². The summed E-state index contributed by atoms with van der Waals surface area (Å²) in [6.45, 7) is 0. The van der Waals surface area contributed by atoms with E-state index in [-0.39, 0.29) is 18.4 Å². The van der Waals surface area contributed by atoms with Crippen molar-refractivity contribution in [2.45, 2.75) is 25.3 Å². The van der Waals surface area contributed by atoms with Crippen molar-refractivity contribution in [3.05, 3.63) is 18.0 Å². The topological polar surface area (TPSA) is 84.2 Å². The minimum Gasteiger partial charge on any atom is -0.481 e. The maximum absolute atomic E-state index is 11.9. The van der Waals surface area contributed by atoms with Crippen LogP contribution in [0.4, 0.5) is 0 Å². The highest BCUT2D eigenvalue weighted by atomic mass is 16.4. The number of aromatic nitrogens is 2. The molecule has 17 heavy (non-hydrogen) atoms. The van der Waals surface area contributed by atoms with Crippen molar-refractivity contribution in [1.29, 1.82) is 0 Å². The molecule has 1 unspecified atom stereocenters. The number of amides is 1. The first-order chi connectivity index (χ1) is 8.08. The minimum atomic E-state index is -0.882. The molecule has 1 amide bonds. The Morgan fingerprint density at radius 3 is 2.82 bits per heavy atom. The summed E-state index contributed by atoms with van der Waals surface area (Å²) >= 11 is 0. The molecule has 0 bridgehead atoms. The van der Waals surface area contributed by atoms with Crippen LogP contribution < -0.4 is 5.32 Å². The van der Waals surface area contributed by atoms with Crippen LogP contribution in [0.1, 0.15) is 29.8 Å². The molecule has 1 heterocycles. The predicted molar refractivity (Wildman–Crippen MR) is 59.4 cm³/mol. The van der Waals surface area contributed by atoms with E-state index >= 15 is 0 Å². The normalized spacial score (nSPS) is 16.5. The Kier molecular flexibility index (Phi) is 3.12. The highest BCUT2D eigenvalue weighted by Crippen LogP contribution is 2.34. The number of rotatable bonds is 5. The number of nitrogens with zero attached hydrogens (tertiary/aromatic N) is 2. The van der Waals surface area contributed by atoms with Gasteiger partial charge in [0.05, 0.1) is 6.42 Å². The molecule has 92 valence electrons. The number of hydrogen-bond donors (Lipinski definition) is 2. The van der Waals surface area contributed by atoms with Crippen molar-refractivity contribution in [3.63, 3.8) is 0 Å². The van der Waals surface area contributed by atoms with Gasteiger partial charge in [-0.3, -0.25) is 14.3 Å². The minimum absolute atomic E-state index is 0.0196. The van der Waals surface area contributed by atoms with Gasteiger partial charge in [-0.25, -0.2) is 0 Å². The van der Waals surface area contributed by atoms with E-state index < -0.39 is 5.97 Å². The molecule has 1 atom stereocenters. The van der Waals surface area contributed by atoms with Gasteiger partial charge in [0.25, 0.3) is 5.91 Å². The van der Waals surface area contributed by atoms with Gasteiger partial charge in [-0.15, -0.1) is 0 Å². The quantitative estimate of drug-likeness (QED) is 0.776. The lowest BCUT2D eigenvalue weighted by Gasteiger charge is -2.15. The lowest BCUT2D eigenvalue weighted by molar-refractivity contribution is -0.137. The molecule has 1 aromatic heterocycles. The lowest BCUT2D eigenvalue weighted by atomic mass is 10.1. The lowest BCUT2D eigenvalue weighted by Crippen LogP contribution is -2.38. The van der Waals surface area contributed by atoms with Crippen LogP contribution in [0.25, 0.3) is 0 Å². The SMILES string of the molecule is Cn1nccc1C(=O)NC(CC(=O)O)C1CC1. The Labute approximate surface area is 98.6 Å². The third kappa shape index (κ3) is 2.83. The fourth-order valence-electron chi connectivity index (χ4n) is 1.86. The van der Waals surface area contributed by atoms with Crippen LogP contribution in [-0.2, 0) is 11.8 Å². The average molecular weight is 237 g/mol. The molecule has 0 spiro atoms. The standard InChI is InChI=1S/C11H15N3O3/c1-14-9(4-5-12-14)11(17)13-8(6-10(15)16)7-2-3-7/h4-5,7-8H,2-3,6H2,1H3,(H,13,17)(H,15,16). The predicted octanol–water partition coefficient (Wildman–Crippen LogP) is 0.403. The van der Waals surface area contributed by atoms with E-state index in [9.17, 15) is 9.59 Å². The zero-order chi connectivity index (χ0) is 12.4. The molecular formula is C11H15N3O3. The van der Waals surface area contributed by atoms with E-state index in [0.717, 1.165) is 12.8 Å². The number of hydrogen-bond acceptors (Lipinski definition) is 3. The van der Waals surface area contributed by atoms with Crippen molar-refractivity contribution < 1.29 is 14.7 Å². The smallest absolute Gasteiger partial charge is 0.305 e. The van der Waals surface area contributed by atoms with E-state index in [2.05, 4.69) is 10.4 Å². The molecule has 1 saturated carbocycles. The summed E-state index contributed by atoms with van der Waals surface area (Å²) < 4.78 is 1.47. The second kappa shape index (κ2) is 4.57. The first kappa shape index (κ1) is 11.6. The van der Waals surface area contributed by atoms with Gasteiger partial charge in [0.2, 0.25) is 0 Å². The van der Waals surface area contributed by atoms with Crippen LogP contribution in [-0.4, -0.2) is 32.8 Å². The van der Waals surface area contributed by atoms with E-state index in [1.54, 1.807) is 13.1 Å². The summed E-state index contributed by atoms with van der Waals surface area (Å²) in [5.74, 6) is -0.835. The van der Waals surface area contributed by atoms with Crippen LogP contribution in [0, 0.1) is 5.92 Å². The highest BCUT2D eigenvalue weighted by molar-refractivity contribution is 5.92. The highest BCUT2D eigenvalue weighted by Gasteiger charge is 2.34. The maximum Gasteiger partial charge on any atom is 0.305 e. The molecule has 1 aromatic rings. The third-order valence-electron chi connectivity index (χ3n) is 2.96. The summed E-state index contributed by atoms with van der Waals surface area (Å²) in [6.07, 6.45) is 3.50. The zero-order valence-electron chi connectivity index (χ0n) is 9.59. The molecule has 0 aromatic carbocycles. The van der Waals surface area contributed by atoms with Crippen LogP contribution in [0.5, 0.6) is 0 Å². The van der Waals surface area contributed by atoms with Crippen molar-refractivity contribution in [1.82, 2.24) is 15.1 Å². The van der Waals surface area contributed by atoms with E-state index in [4.69, 9.17) is 5.11 Å². The molecule has 6 nitrogen and oxygen atoms in total. The van der Waals surface area contributed by atoms with E-state index in [0.29, 0.717) is 11.6 Å². The second-order valence-electron chi connectivity index (χ2n) is 4.36. The Bertz CT molecular complexity index is 437. The molecule has 1 fully saturated rings. The van der Waals surface area contributed by atoms with Gasteiger partial charge >= 0.3 is 5.97 Å². The maximum atomic E-state index is 11.9.